The number of nitrogens with one attached hydrogen (secondary N) is 1. The maximum absolute atomic E-state index is 12.3. The monoisotopic (exact) mass is 402 g/mol. The number of aromatic nitrogens is 2. The van der Waals surface area contributed by atoms with Crippen molar-refractivity contribution in [3.8, 4) is 0 Å². The van der Waals surface area contributed by atoms with Gasteiger partial charge in [0.15, 0.2) is 0 Å². The molecule has 0 radical (unpaired) electrons. The number of carbonyl (C=O) groups excluding carboxylic acids is 1. The zero-order valence-electron chi connectivity index (χ0n) is 15.0. The molecule has 146 valence electrons. The van der Waals surface area contributed by atoms with Crippen LogP contribution in [0.15, 0.2) is 24.3 Å². The Morgan fingerprint density at radius 2 is 2.04 bits per heavy atom. The van der Waals surface area contributed by atoms with E-state index in [4.69, 9.17) is 10.5 Å². The average Bonchev–Trinajstić information content (AvgIpc) is 2.99. The summed E-state index contributed by atoms with van der Waals surface area (Å²) in [6.07, 6.45) is 2.43. The Hall–Kier alpha value is -1.34. The van der Waals surface area contributed by atoms with Crippen LogP contribution in [-0.2, 0) is 22.5 Å². The second-order valence-corrected chi connectivity index (χ2v) is 6.28. The van der Waals surface area contributed by atoms with Gasteiger partial charge in [-0.05, 0) is 37.8 Å². The molecule has 8 heteroatoms. The molecule has 0 bridgehead atoms. The minimum Gasteiger partial charge on any atom is -0.381 e. The fraction of sp³-hybridized carbons (Fsp3) is 0.556. The molecular weight excluding hydrogens is 375 g/mol. The van der Waals surface area contributed by atoms with Crippen LogP contribution in [0.4, 0.5) is 0 Å². The van der Waals surface area contributed by atoms with Gasteiger partial charge >= 0.3 is 0 Å². The molecule has 26 heavy (non-hydrogen) atoms. The molecule has 1 fully saturated rings. The third kappa shape index (κ3) is 5.10. The van der Waals surface area contributed by atoms with Gasteiger partial charge in [-0.1, -0.05) is 12.1 Å². The SMILES string of the molecule is CCn1c(CCNC(=O)C(N)C2CCOCC2)nc2ccccc21.Cl.Cl. The third-order valence-corrected chi connectivity index (χ3v) is 4.77. The number of aryl methyl sites for hydroxylation is 1. The molecule has 1 aromatic carbocycles. The maximum atomic E-state index is 12.3. The van der Waals surface area contributed by atoms with E-state index < -0.39 is 6.04 Å². The summed E-state index contributed by atoms with van der Waals surface area (Å²) in [5, 5.41) is 2.97. The molecule has 2 heterocycles. The lowest BCUT2D eigenvalue weighted by Gasteiger charge is -2.26. The number of amides is 1. The predicted octanol–water partition coefficient (Wildman–Crippen LogP) is 2.31. The highest BCUT2D eigenvalue weighted by Gasteiger charge is 2.26. The zero-order valence-corrected chi connectivity index (χ0v) is 16.7. The van der Waals surface area contributed by atoms with Crippen molar-refractivity contribution in [1.29, 1.82) is 0 Å². The molecule has 6 nitrogen and oxygen atoms in total. The van der Waals surface area contributed by atoms with Crippen molar-refractivity contribution in [3.63, 3.8) is 0 Å². The van der Waals surface area contributed by atoms with Crippen LogP contribution in [-0.4, -0.2) is 41.3 Å². The van der Waals surface area contributed by atoms with E-state index >= 15 is 0 Å². The zero-order chi connectivity index (χ0) is 16.9. The number of halogens is 2. The van der Waals surface area contributed by atoms with Gasteiger partial charge in [-0.25, -0.2) is 4.98 Å². The summed E-state index contributed by atoms with van der Waals surface area (Å²) in [6, 6.07) is 7.67. The number of carbonyl (C=O) groups is 1. The van der Waals surface area contributed by atoms with Crippen molar-refractivity contribution in [2.24, 2.45) is 11.7 Å². The van der Waals surface area contributed by atoms with E-state index in [2.05, 4.69) is 27.9 Å². The molecule has 3 N–H and O–H groups in total. The molecule has 1 saturated heterocycles. The van der Waals surface area contributed by atoms with Crippen LogP contribution in [0.3, 0.4) is 0 Å². The van der Waals surface area contributed by atoms with Crippen molar-refractivity contribution in [2.45, 2.75) is 38.8 Å². The molecule has 0 spiro atoms. The lowest BCUT2D eigenvalue weighted by molar-refractivity contribution is -0.124. The molecule has 1 aliphatic rings. The summed E-state index contributed by atoms with van der Waals surface area (Å²) in [5.74, 6) is 1.15. The Labute approximate surface area is 166 Å². The summed E-state index contributed by atoms with van der Waals surface area (Å²) in [4.78, 5) is 16.9. The van der Waals surface area contributed by atoms with Gasteiger partial charge in [-0.2, -0.15) is 0 Å². The van der Waals surface area contributed by atoms with Crippen LogP contribution in [0.5, 0.6) is 0 Å². The molecule has 1 aliphatic heterocycles. The quantitative estimate of drug-likeness (QED) is 0.776. The molecular formula is C18H28Cl2N4O2. The van der Waals surface area contributed by atoms with Crippen LogP contribution < -0.4 is 11.1 Å². The Bertz CT molecular complexity index is 702. The molecule has 1 amide bonds. The number of ether oxygens (including phenoxy) is 1. The van der Waals surface area contributed by atoms with Crippen molar-refractivity contribution in [2.75, 3.05) is 19.8 Å². The summed E-state index contributed by atoms with van der Waals surface area (Å²) in [7, 11) is 0. The minimum absolute atomic E-state index is 0. The van der Waals surface area contributed by atoms with Crippen LogP contribution >= 0.6 is 24.8 Å². The Balaban J connectivity index is 0.00000169. The second-order valence-electron chi connectivity index (χ2n) is 6.28. The van der Waals surface area contributed by atoms with E-state index in [1.54, 1.807) is 0 Å². The number of hydrogen-bond acceptors (Lipinski definition) is 4. The number of rotatable bonds is 6. The standard InChI is InChI=1S/C18H26N4O2.2ClH/c1-2-22-15-6-4-3-5-14(15)21-16(22)7-10-20-18(23)17(19)13-8-11-24-12-9-13;;/h3-6,13,17H,2,7-12,19H2,1H3,(H,20,23);2*1H. The van der Waals surface area contributed by atoms with Crippen LogP contribution in [0.1, 0.15) is 25.6 Å². The first-order valence-electron chi connectivity index (χ1n) is 8.76. The van der Waals surface area contributed by atoms with Gasteiger partial charge in [0.25, 0.3) is 0 Å². The highest BCUT2D eigenvalue weighted by atomic mass is 35.5. The van der Waals surface area contributed by atoms with Crippen molar-refractivity contribution >= 4 is 41.8 Å². The fourth-order valence-corrected chi connectivity index (χ4v) is 3.37. The molecule has 3 rings (SSSR count). The normalized spacial score (nSPS) is 15.8. The number of nitrogens with two attached hydrogens (primary N) is 1. The average molecular weight is 403 g/mol. The molecule has 1 unspecified atom stereocenters. The molecule has 1 atom stereocenters. The van der Waals surface area contributed by atoms with Gasteiger partial charge < -0.3 is 20.4 Å². The third-order valence-electron chi connectivity index (χ3n) is 4.77. The lowest BCUT2D eigenvalue weighted by atomic mass is 9.92. The highest BCUT2D eigenvalue weighted by molar-refractivity contribution is 5.85. The smallest absolute Gasteiger partial charge is 0.237 e. The van der Waals surface area contributed by atoms with Crippen LogP contribution in [0, 0.1) is 5.92 Å². The summed E-state index contributed by atoms with van der Waals surface area (Å²) < 4.78 is 7.52. The maximum Gasteiger partial charge on any atom is 0.237 e. The first-order valence-corrected chi connectivity index (χ1v) is 8.76. The van der Waals surface area contributed by atoms with Crippen molar-refractivity contribution in [1.82, 2.24) is 14.9 Å². The van der Waals surface area contributed by atoms with E-state index in [0.717, 1.165) is 36.2 Å². The summed E-state index contributed by atoms with van der Waals surface area (Å²) >= 11 is 0. The first kappa shape index (κ1) is 22.7. The minimum atomic E-state index is -0.445. The van der Waals surface area contributed by atoms with Gasteiger partial charge in [-0.3, -0.25) is 4.79 Å². The topological polar surface area (TPSA) is 82.2 Å². The Morgan fingerprint density at radius 3 is 2.73 bits per heavy atom. The van der Waals surface area contributed by atoms with Crippen molar-refractivity contribution < 1.29 is 9.53 Å². The van der Waals surface area contributed by atoms with E-state index in [-0.39, 0.29) is 36.6 Å². The predicted molar refractivity (Wildman–Crippen MR) is 108 cm³/mol. The summed E-state index contributed by atoms with van der Waals surface area (Å²) in [5.41, 5.74) is 8.24. The Kier molecular flexibility index (Phi) is 9.36. The van der Waals surface area contributed by atoms with Gasteiger partial charge in [0.2, 0.25) is 5.91 Å². The van der Waals surface area contributed by atoms with E-state index in [0.29, 0.717) is 26.2 Å². The molecule has 0 aliphatic carbocycles. The number of nitrogens with zero attached hydrogens (tertiary/aromatic N) is 2. The second kappa shape index (κ2) is 10.7. The van der Waals surface area contributed by atoms with Crippen LogP contribution in [0.2, 0.25) is 0 Å². The first-order chi connectivity index (χ1) is 11.7. The van der Waals surface area contributed by atoms with Gasteiger partial charge in [0, 0.05) is 32.7 Å². The van der Waals surface area contributed by atoms with E-state index in [1.807, 2.05) is 18.2 Å². The number of para-hydroxylation sites is 2. The fourth-order valence-electron chi connectivity index (χ4n) is 3.37. The van der Waals surface area contributed by atoms with Gasteiger partial charge in [0.05, 0.1) is 17.1 Å². The summed E-state index contributed by atoms with van der Waals surface area (Å²) in [6.45, 7) is 4.93. The largest absolute Gasteiger partial charge is 0.381 e. The number of hydrogen-bond donors (Lipinski definition) is 2. The van der Waals surface area contributed by atoms with Gasteiger partial charge in [-0.15, -0.1) is 24.8 Å². The molecule has 2 aromatic rings. The lowest BCUT2D eigenvalue weighted by Crippen LogP contribution is -2.47. The van der Waals surface area contributed by atoms with Crippen molar-refractivity contribution in [3.05, 3.63) is 30.1 Å². The van der Waals surface area contributed by atoms with E-state index in [9.17, 15) is 4.79 Å². The number of imidazole rings is 1. The van der Waals surface area contributed by atoms with Crippen LogP contribution in [0.25, 0.3) is 11.0 Å². The molecule has 1 aromatic heterocycles. The van der Waals surface area contributed by atoms with Gasteiger partial charge in [0.1, 0.15) is 5.82 Å². The molecule has 0 saturated carbocycles. The van der Waals surface area contributed by atoms with E-state index in [1.165, 1.54) is 0 Å². The highest BCUT2D eigenvalue weighted by Crippen LogP contribution is 2.18. The number of fused-ring (bicyclic) bond motifs is 1. The number of benzene rings is 1. The Morgan fingerprint density at radius 1 is 1.35 bits per heavy atom.